The van der Waals surface area contributed by atoms with Crippen LogP contribution in [-0.2, 0) is 0 Å². The van der Waals surface area contributed by atoms with E-state index in [1.807, 2.05) is 0 Å². The summed E-state index contributed by atoms with van der Waals surface area (Å²) in [5, 5.41) is 4.69. The van der Waals surface area contributed by atoms with Gasteiger partial charge in [-0.15, -0.1) is 6.04 Å². The minimum absolute atomic E-state index is 0. The second-order valence-electron chi connectivity index (χ2n) is 3.99. The molecule has 2 atom stereocenters. The van der Waals surface area contributed by atoms with E-state index < -0.39 is 0 Å². The Morgan fingerprint density at radius 3 is 2.43 bits per heavy atom. The summed E-state index contributed by atoms with van der Waals surface area (Å²) in [6, 6.07) is 1.34. The molecule has 3 heteroatoms. The fraction of sp³-hybridized carbons (Fsp3) is 1.00. The zero-order chi connectivity index (χ0) is 9.68. The summed E-state index contributed by atoms with van der Waals surface area (Å²) in [5.41, 5.74) is 0. The molecule has 1 saturated carbocycles. The molecule has 0 amide bonds. The molecule has 78 valence electrons. The first-order chi connectivity index (χ1) is 6.29. The van der Waals surface area contributed by atoms with Gasteiger partial charge in [0.2, 0.25) is 0 Å². The van der Waals surface area contributed by atoms with E-state index in [2.05, 4.69) is 25.8 Å². The zero-order valence-corrected chi connectivity index (χ0v) is 10.3. The van der Waals surface area contributed by atoms with E-state index >= 15 is 0 Å². The summed E-state index contributed by atoms with van der Waals surface area (Å²) in [7, 11) is 2.23. The molecule has 0 heterocycles. The van der Waals surface area contributed by atoms with Gasteiger partial charge in [0.1, 0.15) is 0 Å². The molecule has 2 nitrogen and oxygen atoms in total. The van der Waals surface area contributed by atoms with Gasteiger partial charge in [0, 0.05) is 0 Å². The smallest absolute Gasteiger partial charge is 0.658 e. The summed E-state index contributed by atoms with van der Waals surface area (Å²) in [6.07, 6.45) is 5.42. The van der Waals surface area contributed by atoms with Crippen molar-refractivity contribution in [1.82, 2.24) is 4.90 Å². The fourth-order valence-electron chi connectivity index (χ4n) is 2.29. The van der Waals surface area contributed by atoms with Crippen LogP contribution in [0.25, 0.3) is 5.32 Å². The summed E-state index contributed by atoms with van der Waals surface area (Å²) in [5.74, 6) is 0. The number of hydrogen-bond acceptors (Lipinski definition) is 1. The van der Waals surface area contributed by atoms with Crippen molar-refractivity contribution in [3.63, 3.8) is 0 Å². The van der Waals surface area contributed by atoms with Crippen LogP contribution in [0.3, 0.4) is 0 Å². The van der Waals surface area contributed by atoms with Crippen LogP contribution in [0.5, 0.6) is 0 Å². The maximum atomic E-state index is 4.69. The van der Waals surface area contributed by atoms with Gasteiger partial charge in [-0.25, -0.2) is 0 Å². The van der Waals surface area contributed by atoms with Gasteiger partial charge in [0.05, 0.1) is 0 Å². The Hall–Kier alpha value is 0.517. The first kappa shape index (κ1) is 14.5. The third kappa shape index (κ3) is 3.94. The van der Waals surface area contributed by atoms with Crippen molar-refractivity contribution in [2.75, 3.05) is 20.1 Å². The molecule has 1 fully saturated rings. The molecule has 1 aliphatic carbocycles. The zero-order valence-electron chi connectivity index (χ0n) is 10.3. The summed E-state index contributed by atoms with van der Waals surface area (Å²) >= 11 is 0. The second kappa shape index (κ2) is 7.76. The molecule has 0 aromatic rings. The predicted octanol–water partition coefficient (Wildman–Crippen LogP) is -0.353. The molecule has 1 rings (SSSR count). The van der Waals surface area contributed by atoms with Crippen molar-refractivity contribution in [3.05, 3.63) is 5.32 Å². The van der Waals surface area contributed by atoms with Crippen molar-refractivity contribution < 1.29 is 18.9 Å². The van der Waals surface area contributed by atoms with Crippen molar-refractivity contribution in [1.29, 1.82) is 0 Å². The van der Waals surface area contributed by atoms with Crippen LogP contribution in [0.1, 0.15) is 39.5 Å². The first-order valence-electron chi connectivity index (χ1n) is 5.66. The van der Waals surface area contributed by atoms with Gasteiger partial charge in [-0.1, -0.05) is 33.1 Å². The minimum Gasteiger partial charge on any atom is -0.658 e. The van der Waals surface area contributed by atoms with Crippen LogP contribution in [0.4, 0.5) is 0 Å². The van der Waals surface area contributed by atoms with Crippen molar-refractivity contribution in [2.24, 2.45) is 0 Å². The van der Waals surface area contributed by atoms with Gasteiger partial charge in [0.15, 0.2) is 0 Å². The normalized spacial score (nSPS) is 27.4. The molecule has 0 aromatic heterocycles. The summed E-state index contributed by atoms with van der Waals surface area (Å²) in [4.78, 5) is 2.46. The third-order valence-corrected chi connectivity index (χ3v) is 3.18. The van der Waals surface area contributed by atoms with Gasteiger partial charge >= 0.3 is 18.9 Å². The maximum Gasteiger partial charge on any atom is 1.00 e. The standard InChI is InChI=1S/C11H23N2.Li/c1-4-12-10-8-6-7-9-11(10)13(3)5-2;/h10-11H,4-9H2,1-3H3;/q-1;+1/t10-,11-;/m1./s1. The second-order valence-corrected chi connectivity index (χ2v) is 3.99. The van der Waals surface area contributed by atoms with Crippen LogP contribution < -0.4 is 18.9 Å². The van der Waals surface area contributed by atoms with Crippen molar-refractivity contribution in [2.45, 2.75) is 51.6 Å². The first-order valence-corrected chi connectivity index (χ1v) is 5.66. The molecule has 0 N–H and O–H groups in total. The largest absolute Gasteiger partial charge is 1.00 e. The van der Waals surface area contributed by atoms with E-state index in [9.17, 15) is 0 Å². The molecule has 1 aliphatic rings. The molecule has 0 unspecified atom stereocenters. The van der Waals surface area contributed by atoms with Gasteiger partial charge in [-0.3, -0.25) is 0 Å². The number of nitrogens with zero attached hydrogens (tertiary/aromatic N) is 2. The number of hydrogen-bond donors (Lipinski definition) is 0. The van der Waals surface area contributed by atoms with Crippen LogP contribution in [0.15, 0.2) is 0 Å². The summed E-state index contributed by atoms with van der Waals surface area (Å²) in [6.45, 7) is 6.52. The Bertz CT molecular complexity index is 139. The Morgan fingerprint density at radius 2 is 1.86 bits per heavy atom. The maximum absolute atomic E-state index is 4.69. The molecule has 0 spiro atoms. The molecule has 0 radical (unpaired) electrons. The van der Waals surface area contributed by atoms with Crippen molar-refractivity contribution >= 4 is 0 Å². The predicted molar refractivity (Wildman–Crippen MR) is 58.2 cm³/mol. The fourth-order valence-corrected chi connectivity index (χ4v) is 2.29. The van der Waals surface area contributed by atoms with Crippen LogP contribution in [0, 0.1) is 0 Å². The quantitative estimate of drug-likeness (QED) is 0.554. The number of rotatable bonds is 4. The van der Waals surface area contributed by atoms with Gasteiger partial charge in [-0.2, -0.15) is 6.54 Å². The van der Waals surface area contributed by atoms with E-state index in [4.69, 9.17) is 5.32 Å². The average Bonchev–Trinajstić information content (AvgIpc) is 2.18. The minimum atomic E-state index is 0. The molecule has 14 heavy (non-hydrogen) atoms. The summed E-state index contributed by atoms with van der Waals surface area (Å²) < 4.78 is 0. The molecule has 0 bridgehead atoms. The van der Waals surface area contributed by atoms with E-state index in [0.717, 1.165) is 19.1 Å². The Morgan fingerprint density at radius 1 is 1.21 bits per heavy atom. The van der Waals surface area contributed by atoms with Gasteiger partial charge < -0.3 is 10.2 Å². The average molecular weight is 190 g/mol. The van der Waals surface area contributed by atoms with E-state index in [-0.39, 0.29) is 18.9 Å². The molecule has 0 aromatic carbocycles. The monoisotopic (exact) mass is 190 g/mol. The van der Waals surface area contributed by atoms with Crippen LogP contribution in [0.2, 0.25) is 0 Å². The van der Waals surface area contributed by atoms with E-state index in [1.54, 1.807) is 0 Å². The van der Waals surface area contributed by atoms with Crippen LogP contribution >= 0.6 is 0 Å². The van der Waals surface area contributed by atoms with Gasteiger partial charge in [-0.05, 0) is 26.1 Å². The molecular weight excluding hydrogens is 167 g/mol. The Balaban J connectivity index is 0.00000169. The SMILES string of the molecule is CC[N-][C@@H]1CCCC[C@H]1N(C)CC.[Li+]. The van der Waals surface area contributed by atoms with Crippen LogP contribution in [-0.4, -0.2) is 37.1 Å². The van der Waals surface area contributed by atoms with Crippen molar-refractivity contribution in [3.8, 4) is 0 Å². The molecular formula is C11H23LiN2. The Kier molecular flexibility index (Phi) is 8.05. The Labute approximate surface area is 101 Å². The number of likely N-dealkylation sites (N-methyl/N-ethyl adjacent to an activating group) is 2. The third-order valence-electron chi connectivity index (χ3n) is 3.18. The topological polar surface area (TPSA) is 17.3 Å². The van der Waals surface area contributed by atoms with E-state index in [1.165, 1.54) is 25.7 Å². The van der Waals surface area contributed by atoms with E-state index in [0.29, 0.717) is 6.04 Å². The molecule has 0 saturated heterocycles. The van der Waals surface area contributed by atoms with Gasteiger partial charge in [0.25, 0.3) is 0 Å². The molecule has 0 aliphatic heterocycles.